The van der Waals surface area contributed by atoms with Gasteiger partial charge in [-0.1, -0.05) is 18.2 Å². The number of carboxylic acid groups (broad SMARTS) is 1. The van der Waals surface area contributed by atoms with E-state index in [2.05, 4.69) is 10.3 Å². The first-order chi connectivity index (χ1) is 11.4. The van der Waals surface area contributed by atoms with Gasteiger partial charge in [-0.3, -0.25) is 9.59 Å². The maximum atomic E-state index is 12.0. The smallest absolute Gasteiger partial charge is 0.335 e. The fourth-order valence-electron chi connectivity index (χ4n) is 2.57. The molecule has 0 aliphatic heterocycles. The summed E-state index contributed by atoms with van der Waals surface area (Å²) in [4.78, 5) is 37.7. The number of aromatic amines is 1. The molecule has 2 aromatic rings. The minimum absolute atomic E-state index is 0.154. The molecule has 0 fully saturated rings. The molecule has 1 aromatic carbocycles. The van der Waals surface area contributed by atoms with E-state index in [1.54, 1.807) is 25.1 Å². The maximum absolute atomic E-state index is 12.0. The van der Waals surface area contributed by atoms with E-state index in [1.165, 1.54) is 6.07 Å². The maximum Gasteiger partial charge on any atom is 0.335 e. The summed E-state index contributed by atoms with van der Waals surface area (Å²) in [6.07, 6.45) is 0.491. The van der Waals surface area contributed by atoms with E-state index in [-0.39, 0.29) is 30.0 Å². The van der Waals surface area contributed by atoms with Gasteiger partial charge in [0.15, 0.2) is 0 Å². The van der Waals surface area contributed by atoms with E-state index in [9.17, 15) is 14.4 Å². The predicted octanol–water partition coefficient (Wildman–Crippen LogP) is 1.94. The van der Waals surface area contributed by atoms with Gasteiger partial charge in [0.05, 0.1) is 5.56 Å². The minimum atomic E-state index is -1.01. The molecule has 0 saturated carbocycles. The molecule has 6 nitrogen and oxygen atoms in total. The van der Waals surface area contributed by atoms with Gasteiger partial charge in [-0.05, 0) is 43.5 Å². The van der Waals surface area contributed by atoms with Gasteiger partial charge in [0.25, 0.3) is 5.56 Å². The third-order valence-corrected chi connectivity index (χ3v) is 3.83. The van der Waals surface area contributed by atoms with Gasteiger partial charge >= 0.3 is 5.97 Å². The highest BCUT2D eigenvalue weighted by Gasteiger charge is 2.11. The van der Waals surface area contributed by atoms with Crippen molar-refractivity contribution in [2.45, 2.75) is 33.2 Å². The first-order valence-corrected chi connectivity index (χ1v) is 7.65. The minimum Gasteiger partial charge on any atom is -0.478 e. The van der Waals surface area contributed by atoms with Crippen LogP contribution in [-0.2, 0) is 17.8 Å². The normalized spacial score (nSPS) is 10.4. The van der Waals surface area contributed by atoms with Crippen molar-refractivity contribution in [3.05, 3.63) is 68.6 Å². The Morgan fingerprint density at radius 2 is 1.92 bits per heavy atom. The van der Waals surface area contributed by atoms with Gasteiger partial charge in [-0.15, -0.1) is 0 Å². The van der Waals surface area contributed by atoms with Gasteiger partial charge in [0.1, 0.15) is 0 Å². The van der Waals surface area contributed by atoms with Crippen LogP contribution in [0.3, 0.4) is 0 Å². The number of hydrogen-bond donors (Lipinski definition) is 3. The lowest BCUT2D eigenvalue weighted by molar-refractivity contribution is -0.121. The third-order valence-electron chi connectivity index (χ3n) is 3.83. The number of pyridine rings is 1. The Hall–Kier alpha value is -2.89. The lowest BCUT2D eigenvalue weighted by Gasteiger charge is -2.09. The number of nitrogens with one attached hydrogen (secondary N) is 2. The monoisotopic (exact) mass is 328 g/mol. The molecule has 0 unspecified atom stereocenters. The Kier molecular flexibility index (Phi) is 5.52. The van der Waals surface area contributed by atoms with Crippen LogP contribution in [0.5, 0.6) is 0 Å². The summed E-state index contributed by atoms with van der Waals surface area (Å²) in [5.74, 6) is -1.23. The van der Waals surface area contributed by atoms with Crippen molar-refractivity contribution in [1.82, 2.24) is 10.3 Å². The quantitative estimate of drug-likeness (QED) is 0.754. The number of carbonyl (C=O) groups excluding carboxylic acids is 1. The van der Waals surface area contributed by atoms with Crippen molar-refractivity contribution in [2.24, 2.45) is 0 Å². The molecule has 0 bridgehead atoms. The SMILES string of the molecule is Cc1cc(C)c(CNC(=O)CCc2ccccc2C(=O)O)c(=O)[nH]1. The number of hydrogen-bond acceptors (Lipinski definition) is 3. The van der Waals surface area contributed by atoms with E-state index < -0.39 is 5.97 Å². The molecule has 1 amide bonds. The van der Waals surface area contributed by atoms with E-state index in [0.717, 1.165) is 11.3 Å². The number of benzene rings is 1. The lowest BCUT2D eigenvalue weighted by Crippen LogP contribution is -2.28. The molecule has 0 atom stereocenters. The van der Waals surface area contributed by atoms with Crippen LogP contribution >= 0.6 is 0 Å². The van der Waals surface area contributed by atoms with Crippen molar-refractivity contribution in [1.29, 1.82) is 0 Å². The highest BCUT2D eigenvalue weighted by atomic mass is 16.4. The first kappa shape index (κ1) is 17.5. The van der Waals surface area contributed by atoms with Crippen LogP contribution in [0.15, 0.2) is 35.1 Å². The second kappa shape index (κ2) is 7.59. The van der Waals surface area contributed by atoms with Gasteiger partial charge in [0.2, 0.25) is 5.91 Å². The van der Waals surface area contributed by atoms with Crippen molar-refractivity contribution in [3.63, 3.8) is 0 Å². The van der Waals surface area contributed by atoms with Crippen LogP contribution in [0.2, 0.25) is 0 Å². The summed E-state index contributed by atoms with van der Waals surface area (Å²) in [5, 5.41) is 11.8. The Morgan fingerprint density at radius 1 is 1.21 bits per heavy atom. The largest absolute Gasteiger partial charge is 0.478 e. The van der Waals surface area contributed by atoms with Gasteiger partial charge < -0.3 is 15.4 Å². The van der Waals surface area contributed by atoms with Crippen LogP contribution in [0.1, 0.15) is 39.2 Å². The third kappa shape index (κ3) is 4.32. The molecule has 0 spiro atoms. The van der Waals surface area contributed by atoms with Crippen LogP contribution in [0, 0.1) is 13.8 Å². The van der Waals surface area contributed by atoms with Crippen molar-refractivity contribution >= 4 is 11.9 Å². The fraction of sp³-hybridized carbons (Fsp3) is 0.278. The van der Waals surface area contributed by atoms with Gasteiger partial charge in [0, 0.05) is 24.2 Å². The Balaban J connectivity index is 1.96. The second-order valence-electron chi connectivity index (χ2n) is 5.68. The summed E-state index contributed by atoms with van der Waals surface area (Å²) in [5.41, 5.74) is 2.75. The number of amides is 1. The topological polar surface area (TPSA) is 99.3 Å². The Bertz CT molecular complexity index is 824. The summed E-state index contributed by atoms with van der Waals surface area (Å²) in [6.45, 7) is 3.78. The molecule has 24 heavy (non-hydrogen) atoms. The molecule has 2 rings (SSSR count). The van der Waals surface area contributed by atoms with Crippen LogP contribution in [0.25, 0.3) is 0 Å². The molecule has 0 aliphatic carbocycles. The highest BCUT2D eigenvalue weighted by Crippen LogP contribution is 2.11. The number of H-pyrrole nitrogens is 1. The Morgan fingerprint density at radius 3 is 2.58 bits per heavy atom. The summed E-state index contributed by atoms with van der Waals surface area (Å²) in [7, 11) is 0. The van der Waals surface area contributed by atoms with Gasteiger partial charge in [-0.2, -0.15) is 0 Å². The van der Waals surface area contributed by atoms with E-state index in [1.807, 2.05) is 13.0 Å². The lowest BCUT2D eigenvalue weighted by atomic mass is 10.0. The number of aromatic carboxylic acids is 1. The Labute approximate surface area is 139 Å². The van der Waals surface area contributed by atoms with Crippen molar-refractivity contribution < 1.29 is 14.7 Å². The zero-order chi connectivity index (χ0) is 17.7. The molecule has 6 heteroatoms. The number of aromatic nitrogens is 1. The average Bonchev–Trinajstić information content (AvgIpc) is 2.52. The second-order valence-corrected chi connectivity index (χ2v) is 5.68. The molecule has 0 radical (unpaired) electrons. The first-order valence-electron chi connectivity index (χ1n) is 7.65. The fourth-order valence-corrected chi connectivity index (χ4v) is 2.57. The highest BCUT2D eigenvalue weighted by molar-refractivity contribution is 5.89. The van der Waals surface area contributed by atoms with E-state index in [4.69, 9.17) is 5.11 Å². The van der Waals surface area contributed by atoms with Gasteiger partial charge in [-0.25, -0.2) is 4.79 Å². The van der Waals surface area contributed by atoms with Crippen LogP contribution < -0.4 is 10.9 Å². The molecule has 1 aromatic heterocycles. The summed E-state index contributed by atoms with van der Waals surface area (Å²) >= 11 is 0. The molecule has 126 valence electrons. The number of rotatable bonds is 6. The molecule has 0 saturated heterocycles. The number of aryl methyl sites for hydroxylation is 3. The van der Waals surface area contributed by atoms with Crippen LogP contribution in [-0.4, -0.2) is 22.0 Å². The zero-order valence-corrected chi connectivity index (χ0v) is 13.7. The van der Waals surface area contributed by atoms with E-state index >= 15 is 0 Å². The predicted molar refractivity (Wildman–Crippen MR) is 90.1 cm³/mol. The molecule has 3 N–H and O–H groups in total. The zero-order valence-electron chi connectivity index (χ0n) is 13.7. The molecule has 1 heterocycles. The average molecular weight is 328 g/mol. The van der Waals surface area contributed by atoms with Crippen molar-refractivity contribution in [2.75, 3.05) is 0 Å². The molecule has 0 aliphatic rings. The molecular formula is C18H20N2O4. The standard InChI is InChI=1S/C18H20N2O4/c1-11-9-12(2)20-17(22)15(11)10-19-16(21)8-7-13-5-3-4-6-14(13)18(23)24/h3-6,9H,7-8,10H2,1-2H3,(H,19,21)(H,20,22)(H,23,24). The van der Waals surface area contributed by atoms with Crippen molar-refractivity contribution in [3.8, 4) is 0 Å². The number of carbonyl (C=O) groups is 2. The molecular weight excluding hydrogens is 308 g/mol. The summed E-state index contributed by atoms with van der Waals surface area (Å²) in [6, 6.07) is 8.47. The van der Waals surface area contributed by atoms with Crippen LogP contribution in [0.4, 0.5) is 0 Å². The summed E-state index contributed by atoms with van der Waals surface area (Å²) < 4.78 is 0. The number of carboxylic acids is 1. The van der Waals surface area contributed by atoms with E-state index in [0.29, 0.717) is 17.5 Å².